The van der Waals surface area contributed by atoms with Crippen LogP contribution in [-0.4, -0.2) is 42.6 Å². The molecule has 0 radical (unpaired) electrons. The van der Waals surface area contributed by atoms with Gasteiger partial charge in [-0.2, -0.15) is 0 Å². The molecule has 1 atom stereocenters. The van der Waals surface area contributed by atoms with E-state index in [2.05, 4.69) is 10.6 Å². The molecule has 9 heteroatoms. The largest absolute Gasteiger partial charge is 0.496 e. The highest BCUT2D eigenvalue weighted by Crippen LogP contribution is 2.29. The van der Waals surface area contributed by atoms with Gasteiger partial charge in [-0.1, -0.05) is 30.3 Å². The van der Waals surface area contributed by atoms with Crippen LogP contribution < -0.4 is 21.0 Å². The summed E-state index contributed by atoms with van der Waals surface area (Å²) < 4.78 is 10.7. The van der Waals surface area contributed by atoms with Crippen molar-refractivity contribution in [3.63, 3.8) is 0 Å². The number of benzene rings is 2. The minimum Gasteiger partial charge on any atom is -0.496 e. The highest BCUT2D eigenvalue weighted by Gasteiger charge is 2.21. The van der Waals surface area contributed by atoms with Crippen molar-refractivity contribution in [2.45, 2.75) is 39.2 Å². The van der Waals surface area contributed by atoms with Crippen molar-refractivity contribution in [3.8, 4) is 5.75 Å². The molecule has 0 bridgehead atoms. The first-order valence-corrected chi connectivity index (χ1v) is 11.1. The van der Waals surface area contributed by atoms with Crippen molar-refractivity contribution >= 4 is 28.8 Å². The van der Waals surface area contributed by atoms with E-state index in [0.717, 1.165) is 5.56 Å². The van der Waals surface area contributed by atoms with Gasteiger partial charge < -0.3 is 24.9 Å². The van der Waals surface area contributed by atoms with Gasteiger partial charge >= 0.3 is 11.6 Å². The monoisotopic (exact) mass is 480 g/mol. The standard InChI is InChI=1S/C26H28N2O7/c1-15-18-9-10-21(34-3)16(2)24(18)35-26(33)19(15)14-23(30)27-12-11-22(29)28-20(25(31)32)13-17-7-5-4-6-8-17/h4-10,20H,11-14H2,1-3H3,(H,27,30)(H,28,29)(H,31,32). The van der Waals surface area contributed by atoms with E-state index in [-0.39, 0.29) is 31.4 Å². The maximum Gasteiger partial charge on any atom is 0.340 e. The third kappa shape index (κ3) is 6.26. The smallest absolute Gasteiger partial charge is 0.340 e. The van der Waals surface area contributed by atoms with E-state index in [0.29, 0.717) is 27.8 Å². The van der Waals surface area contributed by atoms with E-state index in [9.17, 15) is 24.3 Å². The lowest BCUT2D eigenvalue weighted by Crippen LogP contribution is -2.43. The summed E-state index contributed by atoms with van der Waals surface area (Å²) >= 11 is 0. The lowest BCUT2D eigenvalue weighted by atomic mass is 10.0. The summed E-state index contributed by atoms with van der Waals surface area (Å²) in [5, 5.41) is 15.2. The van der Waals surface area contributed by atoms with Crippen molar-refractivity contribution in [1.29, 1.82) is 0 Å². The molecule has 1 unspecified atom stereocenters. The van der Waals surface area contributed by atoms with E-state index in [4.69, 9.17) is 9.15 Å². The minimum atomic E-state index is -1.14. The van der Waals surface area contributed by atoms with Crippen molar-refractivity contribution in [2.75, 3.05) is 13.7 Å². The first-order chi connectivity index (χ1) is 16.7. The summed E-state index contributed by atoms with van der Waals surface area (Å²) in [7, 11) is 1.53. The Balaban J connectivity index is 1.58. The number of nitrogens with one attached hydrogen (secondary N) is 2. The molecule has 2 amide bonds. The molecule has 0 spiro atoms. The van der Waals surface area contributed by atoms with Crippen molar-refractivity contribution in [1.82, 2.24) is 10.6 Å². The zero-order valence-electron chi connectivity index (χ0n) is 19.8. The van der Waals surface area contributed by atoms with Crippen LogP contribution >= 0.6 is 0 Å². The van der Waals surface area contributed by atoms with E-state index in [1.165, 1.54) is 7.11 Å². The number of aryl methyl sites for hydroxylation is 2. The fourth-order valence-electron chi connectivity index (χ4n) is 3.85. The Morgan fingerprint density at radius 3 is 2.40 bits per heavy atom. The van der Waals surface area contributed by atoms with Crippen LogP contribution in [0.5, 0.6) is 5.75 Å². The number of aliphatic carboxylic acids is 1. The van der Waals surface area contributed by atoms with Gasteiger partial charge in [-0.15, -0.1) is 0 Å². The van der Waals surface area contributed by atoms with Crippen LogP contribution in [0.2, 0.25) is 0 Å². The van der Waals surface area contributed by atoms with E-state index in [1.807, 2.05) is 6.07 Å². The molecule has 1 heterocycles. The molecule has 0 saturated heterocycles. The number of fused-ring (bicyclic) bond motifs is 1. The Morgan fingerprint density at radius 2 is 1.74 bits per heavy atom. The second-order valence-corrected chi connectivity index (χ2v) is 8.19. The van der Waals surface area contributed by atoms with Crippen LogP contribution in [0.3, 0.4) is 0 Å². The van der Waals surface area contributed by atoms with Gasteiger partial charge in [-0.3, -0.25) is 9.59 Å². The molecule has 1 aromatic heterocycles. The van der Waals surface area contributed by atoms with Crippen molar-refractivity contribution < 1.29 is 28.6 Å². The van der Waals surface area contributed by atoms with Crippen LogP contribution in [0.15, 0.2) is 51.7 Å². The number of carbonyl (C=O) groups is 3. The molecular weight excluding hydrogens is 452 g/mol. The van der Waals surface area contributed by atoms with E-state index >= 15 is 0 Å². The Bertz CT molecular complexity index is 1300. The second kappa shape index (κ2) is 11.3. The van der Waals surface area contributed by atoms with Gasteiger partial charge in [0.2, 0.25) is 11.8 Å². The fourth-order valence-corrected chi connectivity index (χ4v) is 3.85. The SMILES string of the molecule is COc1ccc2c(C)c(CC(=O)NCCC(=O)NC(Cc3ccccc3)C(=O)O)c(=O)oc2c1C. The van der Waals surface area contributed by atoms with Gasteiger partial charge in [0.25, 0.3) is 0 Å². The molecule has 184 valence electrons. The first kappa shape index (κ1) is 25.5. The average molecular weight is 481 g/mol. The number of carboxylic acid groups (broad SMARTS) is 1. The second-order valence-electron chi connectivity index (χ2n) is 8.19. The number of rotatable bonds is 10. The summed E-state index contributed by atoms with van der Waals surface area (Å²) in [6.45, 7) is 3.53. The molecule has 35 heavy (non-hydrogen) atoms. The van der Waals surface area contributed by atoms with Crippen molar-refractivity contribution in [2.24, 2.45) is 0 Å². The van der Waals surface area contributed by atoms with Crippen LogP contribution in [-0.2, 0) is 27.2 Å². The molecule has 9 nitrogen and oxygen atoms in total. The van der Waals surface area contributed by atoms with Gasteiger partial charge in [-0.25, -0.2) is 9.59 Å². The lowest BCUT2D eigenvalue weighted by molar-refractivity contribution is -0.141. The molecule has 0 saturated carbocycles. The zero-order chi connectivity index (χ0) is 25.5. The molecule has 0 aliphatic rings. The predicted molar refractivity (Wildman–Crippen MR) is 130 cm³/mol. The maximum absolute atomic E-state index is 12.6. The highest BCUT2D eigenvalue weighted by atomic mass is 16.5. The molecule has 0 fully saturated rings. The van der Waals surface area contributed by atoms with Crippen LogP contribution in [0.25, 0.3) is 11.0 Å². The highest BCUT2D eigenvalue weighted by molar-refractivity contribution is 5.88. The predicted octanol–water partition coefficient (Wildman–Crippen LogP) is 2.28. The average Bonchev–Trinajstić information content (AvgIpc) is 2.82. The Labute approximate surface area is 202 Å². The summed E-state index contributed by atoms with van der Waals surface area (Å²) in [5.41, 5.74) is 2.16. The molecule has 0 aliphatic heterocycles. The summed E-state index contributed by atoms with van der Waals surface area (Å²) in [6, 6.07) is 11.4. The molecular formula is C26H28N2O7. The normalized spacial score (nSPS) is 11.6. The molecule has 3 N–H and O–H groups in total. The number of methoxy groups -OCH3 is 1. The summed E-state index contributed by atoms with van der Waals surface area (Å²) in [4.78, 5) is 48.7. The first-order valence-electron chi connectivity index (χ1n) is 11.1. The Morgan fingerprint density at radius 1 is 1.03 bits per heavy atom. The van der Waals surface area contributed by atoms with Crippen LogP contribution in [0.4, 0.5) is 0 Å². The topological polar surface area (TPSA) is 135 Å². The number of ether oxygens (including phenoxy) is 1. The van der Waals surface area contributed by atoms with Gasteiger partial charge in [0, 0.05) is 30.3 Å². The van der Waals surface area contributed by atoms with Gasteiger partial charge in [-0.05, 0) is 37.1 Å². The number of hydrogen-bond donors (Lipinski definition) is 3. The van der Waals surface area contributed by atoms with Gasteiger partial charge in [0.05, 0.1) is 19.1 Å². The number of hydrogen-bond acceptors (Lipinski definition) is 6. The number of amides is 2. The molecule has 2 aromatic carbocycles. The Kier molecular flexibility index (Phi) is 8.25. The summed E-state index contributed by atoms with van der Waals surface area (Å²) in [5.74, 6) is -1.49. The van der Waals surface area contributed by atoms with E-state index in [1.54, 1.807) is 50.2 Å². The molecule has 3 aromatic rings. The molecule has 0 aliphatic carbocycles. The quantitative estimate of drug-likeness (QED) is 0.379. The fraction of sp³-hybridized carbons (Fsp3) is 0.308. The van der Waals surface area contributed by atoms with Gasteiger partial charge in [0.1, 0.15) is 17.4 Å². The minimum absolute atomic E-state index is 0.00336. The van der Waals surface area contributed by atoms with E-state index < -0.39 is 29.5 Å². The number of carbonyl (C=O) groups excluding carboxylic acids is 2. The maximum atomic E-state index is 12.6. The summed E-state index contributed by atoms with van der Waals surface area (Å²) in [6.07, 6.45) is -0.159. The third-order valence-electron chi connectivity index (χ3n) is 5.80. The van der Waals surface area contributed by atoms with Crippen molar-refractivity contribution in [3.05, 3.63) is 75.1 Å². The van der Waals surface area contributed by atoms with Gasteiger partial charge in [0.15, 0.2) is 0 Å². The Hall–Kier alpha value is -4.14. The third-order valence-corrected chi connectivity index (χ3v) is 5.80. The van der Waals surface area contributed by atoms with Crippen LogP contribution in [0, 0.1) is 13.8 Å². The number of carboxylic acids is 1. The van der Waals surface area contributed by atoms with Crippen LogP contribution in [0.1, 0.15) is 28.7 Å². The lowest BCUT2D eigenvalue weighted by Gasteiger charge is -2.15. The molecule has 3 rings (SSSR count). The zero-order valence-corrected chi connectivity index (χ0v) is 19.8.